The van der Waals surface area contributed by atoms with Crippen LogP contribution in [0.5, 0.6) is 0 Å². The first kappa shape index (κ1) is 13.3. The molecule has 7 heteroatoms. The zero-order valence-corrected chi connectivity index (χ0v) is 10.3. The number of carboxylic acid groups (broad SMARTS) is 1. The Labute approximate surface area is 114 Å². The number of rotatable bonds is 4. The van der Waals surface area contributed by atoms with Crippen LogP contribution in [0, 0.1) is 0 Å². The first-order valence-electron chi connectivity index (χ1n) is 5.63. The Morgan fingerprint density at radius 3 is 2.65 bits per heavy atom. The molecule has 0 aliphatic heterocycles. The van der Waals surface area contributed by atoms with E-state index in [9.17, 15) is 9.59 Å². The number of aromatic nitrogens is 1. The van der Waals surface area contributed by atoms with Crippen molar-refractivity contribution in [1.82, 2.24) is 4.98 Å². The van der Waals surface area contributed by atoms with Gasteiger partial charge in [-0.15, -0.1) is 0 Å². The highest BCUT2D eigenvalue weighted by Crippen LogP contribution is 2.21. The second-order valence-corrected chi connectivity index (χ2v) is 4.04. The van der Waals surface area contributed by atoms with Gasteiger partial charge in [0.05, 0.1) is 11.9 Å². The average Bonchev–Trinajstić information content (AvgIpc) is 2.41. The van der Waals surface area contributed by atoms with Crippen molar-refractivity contribution in [2.45, 2.75) is 0 Å². The summed E-state index contributed by atoms with van der Waals surface area (Å²) in [5.74, 6) is -1.59. The van der Waals surface area contributed by atoms with Crippen molar-refractivity contribution in [3.8, 4) is 0 Å². The number of nitrogens with two attached hydrogens (primary N) is 2. The first-order valence-corrected chi connectivity index (χ1v) is 5.63. The summed E-state index contributed by atoms with van der Waals surface area (Å²) in [4.78, 5) is 26.2. The van der Waals surface area contributed by atoms with Crippen LogP contribution in [-0.4, -0.2) is 22.0 Å². The van der Waals surface area contributed by atoms with Crippen LogP contribution in [0.3, 0.4) is 0 Å². The van der Waals surface area contributed by atoms with Gasteiger partial charge in [-0.2, -0.15) is 0 Å². The fourth-order valence-electron chi connectivity index (χ4n) is 1.63. The number of amides is 1. The van der Waals surface area contributed by atoms with Crippen molar-refractivity contribution in [1.29, 1.82) is 0 Å². The second-order valence-electron chi connectivity index (χ2n) is 4.04. The van der Waals surface area contributed by atoms with Gasteiger partial charge in [0.1, 0.15) is 11.4 Å². The van der Waals surface area contributed by atoms with Crippen LogP contribution in [0.15, 0.2) is 36.5 Å². The van der Waals surface area contributed by atoms with Crippen molar-refractivity contribution in [2.24, 2.45) is 5.73 Å². The predicted octanol–water partition coefficient (Wildman–Crippen LogP) is 1.20. The zero-order chi connectivity index (χ0) is 14.7. The van der Waals surface area contributed by atoms with Crippen LogP contribution in [0.4, 0.5) is 17.2 Å². The molecule has 0 saturated carbocycles. The highest BCUT2D eigenvalue weighted by atomic mass is 16.4. The normalized spacial score (nSPS) is 10.0. The molecular weight excluding hydrogens is 260 g/mol. The minimum atomic E-state index is -1.15. The minimum Gasteiger partial charge on any atom is -0.478 e. The molecule has 2 rings (SSSR count). The van der Waals surface area contributed by atoms with Crippen LogP contribution in [0.2, 0.25) is 0 Å². The average molecular weight is 272 g/mol. The Morgan fingerprint density at radius 2 is 2.00 bits per heavy atom. The predicted molar refractivity (Wildman–Crippen MR) is 73.9 cm³/mol. The van der Waals surface area contributed by atoms with E-state index < -0.39 is 11.9 Å². The van der Waals surface area contributed by atoms with Crippen molar-refractivity contribution in [3.63, 3.8) is 0 Å². The van der Waals surface area contributed by atoms with Crippen LogP contribution < -0.4 is 16.8 Å². The molecule has 0 fully saturated rings. The van der Waals surface area contributed by atoms with E-state index in [0.717, 1.165) is 0 Å². The molecule has 0 spiro atoms. The third kappa shape index (κ3) is 2.83. The van der Waals surface area contributed by atoms with E-state index in [1.807, 2.05) is 0 Å². The van der Waals surface area contributed by atoms with Gasteiger partial charge in [0.25, 0.3) is 0 Å². The molecule has 0 saturated heterocycles. The lowest BCUT2D eigenvalue weighted by Crippen LogP contribution is -2.11. The molecule has 0 aliphatic carbocycles. The molecule has 0 atom stereocenters. The van der Waals surface area contributed by atoms with Crippen molar-refractivity contribution >= 4 is 29.1 Å². The van der Waals surface area contributed by atoms with E-state index in [-0.39, 0.29) is 17.1 Å². The number of nitrogens with zero attached hydrogens (tertiary/aromatic N) is 1. The Morgan fingerprint density at radius 1 is 1.25 bits per heavy atom. The van der Waals surface area contributed by atoms with Gasteiger partial charge in [0.15, 0.2) is 0 Å². The van der Waals surface area contributed by atoms with Crippen LogP contribution in [0.25, 0.3) is 0 Å². The fourth-order valence-corrected chi connectivity index (χ4v) is 1.63. The monoisotopic (exact) mass is 272 g/mol. The van der Waals surface area contributed by atoms with E-state index in [1.54, 1.807) is 18.2 Å². The molecule has 0 aliphatic rings. The number of nitrogens with one attached hydrogen (secondary N) is 1. The Kier molecular flexibility index (Phi) is 3.52. The summed E-state index contributed by atoms with van der Waals surface area (Å²) in [5, 5.41) is 11.9. The molecule has 1 aromatic heterocycles. The maximum absolute atomic E-state index is 11.1. The number of anilines is 3. The molecule has 7 nitrogen and oxygen atoms in total. The summed E-state index contributed by atoms with van der Waals surface area (Å²) in [7, 11) is 0. The van der Waals surface area contributed by atoms with E-state index in [2.05, 4.69) is 10.3 Å². The number of pyridine rings is 1. The third-order valence-corrected chi connectivity index (χ3v) is 2.55. The Hall–Kier alpha value is -3.09. The number of carbonyl (C=O) groups excluding carboxylic acids is 1. The molecule has 6 N–H and O–H groups in total. The third-order valence-electron chi connectivity index (χ3n) is 2.55. The molecule has 0 bridgehead atoms. The summed E-state index contributed by atoms with van der Waals surface area (Å²) in [6.07, 6.45) is 1.34. The van der Waals surface area contributed by atoms with Crippen molar-refractivity contribution < 1.29 is 14.7 Å². The largest absolute Gasteiger partial charge is 0.478 e. The van der Waals surface area contributed by atoms with Gasteiger partial charge in [-0.25, -0.2) is 9.78 Å². The standard InChI is InChI=1S/C13H12N4O3/c14-8-5-10(13(19)20)12(16-6-8)17-9-3-1-2-7(4-9)11(15)18/h1-6H,14H2,(H2,15,18)(H,16,17)(H,19,20). The summed E-state index contributed by atoms with van der Waals surface area (Å²) >= 11 is 0. The number of carboxylic acids is 1. The zero-order valence-electron chi connectivity index (χ0n) is 10.3. The first-order chi connectivity index (χ1) is 9.47. The molecule has 102 valence electrons. The number of hydrogen-bond acceptors (Lipinski definition) is 5. The highest BCUT2D eigenvalue weighted by Gasteiger charge is 2.12. The summed E-state index contributed by atoms with van der Waals surface area (Å²) in [5.41, 5.74) is 11.7. The number of nitrogen functional groups attached to an aromatic ring is 1. The maximum Gasteiger partial charge on any atom is 0.339 e. The molecular formula is C13H12N4O3. The smallest absolute Gasteiger partial charge is 0.339 e. The van der Waals surface area contributed by atoms with E-state index >= 15 is 0 Å². The minimum absolute atomic E-state index is 0.0607. The quantitative estimate of drug-likeness (QED) is 0.661. The molecule has 1 aromatic carbocycles. The van der Waals surface area contributed by atoms with E-state index in [1.165, 1.54) is 18.3 Å². The van der Waals surface area contributed by atoms with Crippen LogP contribution >= 0.6 is 0 Å². The highest BCUT2D eigenvalue weighted by molar-refractivity contribution is 5.96. The molecule has 0 unspecified atom stereocenters. The van der Waals surface area contributed by atoms with Gasteiger partial charge in [-0.1, -0.05) is 6.07 Å². The van der Waals surface area contributed by atoms with E-state index in [4.69, 9.17) is 16.6 Å². The topological polar surface area (TPSA) is 131 Å². The van der Waals surface area contributed by atoms with Gasteiger partial charge in [0.2, 0.25) is 5.91 Å². The van der Waals surface area contributed by atoms with Gasteiger partial charge in [-0.05, 0) is 24.3 Å². The van der Waals surface area contributed by atoms with Crippen LogP contribution in [0.1, 0.15) is 20.7 Å². The van der Waals surface area contributed by atoms with Gasteiger partial charge in [0, 0.05) is 11.3 Å². The molecule has 1 amide bonds. The molecule has 0 radical (unpaired) electrons. The maximum atomic E-state index is 11.1. The number of hydrogen-bond donors (Lipinski definition) is 4. The lowest BCUT2D eigenvalue weighted by molar-refractivity contribution is 0.0697. The second kappa shape index (κ2) is 5.27. The van der Waals surface area contributed by atoms with Gasteiger partial charge >= 0.3 is 5.97 Å². The van der Waals surface area contributed by atoms with Crippen molar-refractivity contribution in [3.05, 3.63) is 47.7 Å². The van der Waals surface area contributed by atoms with Gasteiger partial charge < -0.3 is 21.9 Å². The number of primary amides is 1. The summed E-state index contributed by atoms with van der Waals surface area (Å²) < 4.78 is 0. The fraction of sp³-hybridized carbons (Fsp3) is 0. The van der Waals surface area contributed by atoms with Gasteiger partial charge in [-0.3, -0.25) is 4.79 Å². The number of carbonyl (C=O) groups is 2. The summed E-state index contributed by atoms with van der Waals surface area (Å²) in [6.45, 7) is 0. The van der Waals surface area contributed by atoms with Crippen LogP contribution in [-0.2, 0) is 0 Å². The van der Waals surface area contributed by atoms with Crippen molar-refractivity contribution in [2.75, 3.05) is 11.1 Å². The Balaban J connectivity index is 2.37. The number of aromatic carboxylic acids is 1. The molecule has 2 aromatic rings. The Bertz CT molecular complexity index is 685. The van der Waals surface area contributed by atoms with E-state index in [0.29, 0.717) is 11.3 Å². The summed E-state index contributed by atoms with van der Waals surface area (Å²) in [6, 6.07) is 7.65. The lowest BCUT2D eigenvalue weighted by atomic mass is 10.2. The lowest BCUT2D eigenvalue weighted by Gasteiger charge is -2.09. The number of benzene rings is 1. The molecule has 1 heterocycles. The SMILES string of the molecule is NC(=O)c1cccc(Nc2ncc(N)cc2C(=O)O)c1. The molecule has 20 heavy (non-hydrogen) atoms.